The number of nitrogens with zero attached hydrogens (tertiary/aromatic N) is 2. The SMILES string of the molecule is CNCC(C)C(=O)N1CCC(CN2CCCC2)CC1. The number of hydrogen-bond acceptors (Lipinski definition) is 3. The minimum atomic E-state index is 0.111. The summed E-state index contributed by atoms with van der Waals surface area (Å²) in [4.78, 5) is 16.9. The molecule has 1 N–H and O–H groups in total. The Balaban J connectivity index is 1.70. The highest BCUT2D eigenvalue weighted by molar-refractivity contribution is 5.78. The monoisotopic (exact) mass is 267 g/mol. The van der Waals surface area contributed by atoms with Gasteiger partial charge in [-0.3, -0.25) is 4.79 Å². The van der Waals surface area contributed by atoms with E-state index in [9.17, 15) is 4.79 Å². The number of carbonyl (C=O) groups excluding carboxylic acids is 1. The quantitative estimate of drug-likeness (QED) is 0.812. The van der Waals surface area contributed by atoms with Crippen molar-refractivity contribution in [3.8, 4) is 0 Å². The molecule has 2 saturated heterocycles. The summed E-state index contributed by atoms with van der Waals surface area (Å²) in [5.41, 5.74) is 0. The summed E-state index contributed by atoms with van der Waals surface area (Å²) in [6.45, 7) is 8.57. The fourth-order valence-electron chi connectivity index (χ4n) is 3.37. The molecule has 0 aliphatic carbocycles. The second kappa shape index (κ2) is 7.25. The first-order valence-electron chi connectivity index (χ1n) is 7.86. The highest BCUT2D eigenvalue weighted by Crippen LogP contribution is 2.21. The van der Waals surface area contributed by atoms with E-state index >= 15 is 0 Å². The summed E-state index contributed by atoms with van der Waals surface area (Å²) >= 11 is 0. The van der Waals surface area contributed by atoms with Crippen molar-refractivity contribution in [3.05, 3.63) is 0 Å². The highest BCUT2D eigenvalue weighted by atomic mass is 16.2. The average molecular weight is 267 g/mol. The minimum Gasteiger partial charge on any atom is -0.342 e. The predicted octanol–water partition coefficient (Wildman–Crippen LogP) is 1.18. The Labute approximate surface area is 117 Å². The van der Waals surface area contributed by atoms with E-state index in [-0.39, 0.29) is 5.92 Å². The highest BCUT2D eigenvalue weighted by Gasteiger charge is 2.27. The van der Waals surface area contributed by atoms with Gasteiger partial charge in [-0.05, 0) is 51.7 Å². The van der Waals surface area contributed by atoms with Crippen molar-refractivity contribution < 1.29 is 4.79 Å². The summed E-state index contributed by atoms with van der Waals surface area (Å²) < 4.78 is 0. The fourth-order valence-corrected chi connectivity index (χ4v) is 3.37. The van der Waals surface area contributed by atoms with Crippen LogP contribution in [0.25, 0.3) is 0 Å². The van der Waals surface area contributed by atoms with Crippen LogP contribution in [0, 0.1) is 11.8 Å². The van der Waals surface area contributed by atoms with Crippen molar-refractivity contribution in [2.45, 2.75) is 32.6 Å². The van der Waals surface area contributed by atoms with Crippen LogP contribution in [0.4, 0.5) is 0 Å². The van der Waals surface area contributed by atoms with Crippen molar-refractivity contribution in [3.63, 3.8) is 0 Å². The number of hydrogen-bond donors (Lipinski definition) is 1. The molecule has 0 spiro atoms. The Bertz CT molecular complexity index is 281. The molecule has 2 aliphatic heterocycles. The Morgan fingerprint density at radius 3 is 2.42 bits per heavy atom. The number of amides is 1. The maximum absolute atomic E-state index is 12.2. The lowest BCUT2D eigenvalue weighted by Gasteiger charge is -2.35. The fraction of sp³-hybridized carbons (Fsp3) is 0.933. The van der Waals surface area contributed by atoms with Gasteiger partial charge in [0.25, 0.3) is 0 Å². The zero-order chi connectivity index (χ0) is 13.7. The van der Waals surface area contributed by atoms with Crippen molar-refractivity contribution in [1.29, 1.82) is 0 Å². The molecule has 0 bridgehead atoms. The summed E-state index contributed by atoms with van der Waals surface area (Å²) in [6, 6.07) is 0. The molecule has 0 saturated carbocycles. The molecule has 4 heteroatoms. The van der Waals surface area contributed by atoms with Gasteiger partial charge >= 0.3 is 0 Å². The van der Waals surface area contributed by atoms with Crippen molar-refractivity contribution in [1.82, 2.24) is 15.1 Å². The standard InChI is InChI=1S/C15H29N3O/c1-13(11-16-2)15(19)18-9-5-14(6-10-18)12-17-7-3-4-8-17/h13-14,16H,3-12H2,1-2H3. The van der Waals surface area contributed by atoms with Gasteiger partial charge in [0.2, 0.25) is 5.91 Å². The zero-order valence-corrected chi connectivity index (χ0v) is 12.5. The van der Waals surface area contributed by atoms with Crippen LogP contribution in [-0.2, 0) is 4.79 Å². The van der Waals surface area contributed by atoms with E-state index in [0.717, 1.165) is 25.6 Å². The lowest BCUT2D eigenvalue weighted by Crippen LogP contribution is -2.44. The van der Waals surface area contributed by atoms with E-state index < -0.39 is 0 Å². The molecule has 19 heavy (non-hydrogen) atoms. The Kier molecular flexibility index (Phi) is 5.64. The van der Waals surface area contributed by atoms with Gasteiger partial charge in [0.15, 0.2) is 0 Å². The maximum Gasteiger partial charge on any atom is 0.226 e. The normalized spacial score (nSPS) is 23.8. The molecular weight excluding hydrogens is 238 g/mol. The lowest BCUT2D eigenvalue weighted by molar-refractivity contribution is -0.136. The van der Waals surface area contributed by atoms with Gasteiger partial charge in [-0.1, -0.05) is 6.92 Å². The number of likely N-dealkylation sites (tertiary alicyclic amines) is 2. The van der Waals surface area contributed by atoms with Crippen LogP contribution < -0.4 is 5.32 Å². The van der Waals surface area contributed by atoms with Gasteiger partial charge in [-0.2, -0.15) is 0 Å². The van der Waals surface area contributed by atoms with Crippen LogP contribution in [0.3, 0.4) is 0 Å². The Morgan fingerprint density at radius 1 is 1.21 bits per heavy atom. The molecule has 2 heterocycles. The van der Waals surface area contributed by atoms with Crippen LogP contribution in [0.15, 0.2) is 0 Å². The van der Waals surface area contributed by atoms with Crippen LogP contribution >= 0.6 is 0 Å². The third-order valence-electron chi connectivity index (χ3n) is 4.57. The van der Waals surface area contributed by atoms with Crippen molar-refractivity contribution >= 4 is 5.91 Å². The van der Waals surface area contributed by atoms with Crippen molar-refractivity contribution in [2.75, 3.05) is 46.3 Å². The van der Waals surface area contributed by atoms with E-state index in [1.165, 1.54) is 45.3 Å². The summed E-state index contributed by atoms with van der Waals surface area (Å²) in [6.07, 6.45) is 5.13. The van der Waals surface area contributed by atoms with Crippen LogP contribution in [0.1, 0.15) is 32.6 Å². The smallest absolute Gasteiger partial charge is 0.226 e. The second-order valence-electron chi connectivity index (χ2n) is 6.24. The first-order valence-corrected chi connectivity index (χ1v) is 7.86. The summed E-state index contributed by atoms with van der Waals surface area (Å²) in [5, 5.41) is 3.09. The molecule has 2 aliphatic rings. The molecule has 1 amide bonds. The molecular formula is C15H29N3O. The number of piperidine rings is 1. The van der Waals surface area contributed by atoms with Crippen LogP contribution in [0.2, 0.25) is 0 Å². The van der Waals surface area contributed by atoms with E-state index in [2.05, 4.69) is 15.1 Å². The Hall–Kier alpha value is -0.610. The first-order chi connectivity index (χ1) is 9.20. The van der Waals surface area contributed by atoms with E-state index in [0.29, 0.717) is 5.91 Å². The Morgan fingerprint density at radius 2 is 1.84 bits per heavy atom. The van der Waals surface area contributed by atoms with Gasteiger partial charge in [0, 0.05) is 32.1 Å². The lowest BCUT2D eigenvalue weighted by atomic mass is 9.95. The molecule has 2 fully saturated rings. The van der Waals surface area contributed by atoms with Gasteiger partial charge < -0.3 is 15.1 Å². The van der Waals surface area contributed by atoms with Gasteiger partial charge in [0.1, 0.15) is 0 Å². The zero-order valence-electron chi connectivity index (χ0n) is 12.5. The number of nitrogens with one attached hydrogen (secondary N) is 1. The molecule has 0 aromatic rings. The van der Waals surface area contributed by atoms with Crippen molar-refractivity contribution in [2.24, 2.45) is 11.8 Å². The molecule has 1 unspecified atom stereocenters. The number of rotatable bonds is 5. The summed E-state index contributed by atoms with van der Waals surface area (Å²) in [7, 11) is 1.91. The van der Waals surface area contributed by atoms with Gasteiger partial charge in [-0.15, -0.1) is 0 Å². The predicted molar refractivity (Wildman–Crippen MR) is 78.1 cm³/mol. The van der Waals surface area contributed by atoms with E-state index in [1.54, 1.807) is 0 Å². The van der Waals surface area contributed by atoms with E-state index in [1.807, 2.05) is 14.0 Å². The van der Waals surface area contributed by atoms with E-state index in [4.69, 9.17) is 0 Å². The minimum absolute atomic E-state index is 0.111. The molecule has 0 radical (unpaired) electrons. The van der Waals surface area contributed by atoms with Crippen LogP contribution in [0.5, 0.6) is 0 Å². The van der Waals surface area contributed by atoms with Crippen LogP contribution in [-0.4, -0.2) is 62.0 Å². The largest absolute Gasteiger partial charge is 0.342 e. The molecule has 1 atom stereocenters. The molecule has 4 nitrogen and oxygen atoms in total. The second-order valence-corrected chi connectivity index (χ2v) is 6.24. The first kappa shape index (κ1) is 14.8. The number of carbonyl (C=O) groups is 1. The topological polar surface area (TPSA) is 35.6 Å². The average Bonchev–Trinajstić information content (AvgIpc) is 2.92. The van der Waals surface area contributed by atoms with Gasteiger partial charge in [-0.25, -0.2) is 0 Å². The molecule has 2 rings (SSSR count). The maximum atomic E-state index is 12.2. The third-order valence-corrected chi connectivity index (χ3v) is 4.57. The van der Waals surface area contributed by atoms with Gasteiger partial charge in [0.05, 0.1) is 0 Å². The molecule has 110 valence electrons. The molecule has 0 aromatic carbocycles. The third kappa shape index (κ3) is 4.18. The summed E-state index contributed by atoms with van der Waals surface area (Å²) in [5.74, 6) is 1.25. The molecule has 0 aromatic heterocycles.